The summed E-state index contributed by atoms with van der Waals surface area (Å²) in [6.45, 7) is 4.22. The van der Waals surface area contributed by atoms with E-state index in [1.54, 1.807) is 13.3 Å². The number of ether oxygens (including phenoxy) is 1. The second-order valence-corrected chi connectivity index (χ2v) is 7.31. The van der Waals surface area contributed by atoms with Crippen LogP contribution in [0.4, 0.5) is 5.13 Å². The minimum absolute atomic E-state index is 0.761. The summed E-state index contributed by atoms with van der Waals surface area (Å²) < 4.78 is 6.11. The Balaban J connectivity index is 1.69. The van der Waals surface area contributed by atoms with Gasteiger partial charge in [-0.2, -0.15) is 5.10 Å². The Kier molecular flexibility index (Phi) is 5.50. The van der Waals surface area contributed by atoms with Crippen LogP contribution in [0.1, 0.15) is 16.7 Å². The standard InChI is InChI=1S/C19H18BrN3OS/c1-12-4-6-15(8-13(12)2)17-11-25-19(22-17)23-21-10-14-5-7-18(24-3)16(20)9-14/h4-11H,1-3H3,(H,22,23)/b21-10-. The average Bonchev–Trinajstić information content (AvgIpc) is 3.06. The smallest absolute Gasteiger partial charge is 0.203 e. The summed E-state index contributed by atoms with van der Waals surface area (Å²) in [6.07, 6.45) is 1.75. The fourth-order valence-corrected chi connectivity index (χ4v) is 3.51. The second-order valence-electron chi connectivity index (χ2n) is 5.60. The van der Waals surface area contributed by atoms with Crippen molar-refractivity contribution in [3.8, 4) is 17.0 Å². The first-order valence-corrected chi connectivity index (χ1v) is 9.40. The van der Waals surface area contributed by atoms with Gasteiger partial charge in [0.05, 0.1) is 23.5 Å². The molecule has 2 aromatic carbocycles. The Bertz CT molecular complexity index is 921. The van der Waals surface area contributed by atoms with E-state index in [0.29, 0.717) is 0 Å². The summed E-state index contributed by atoms with van der Waals surface area (Å²) in [6, 6.07) is 12.2. The third-order valence-corrected chi connectivity index (χ3v) is 5.22. The van der Waals surface area contributed by atoms with E-state index in [2.05, 4.69) is 63.5 Å². The van der Waals surface area contributed by atoms with Gasteiger partial charge in [-0.3, -0.25) is 5.43 Å². The highest BCUT2D eigenvalue weighted by Crippen LogP contribution is 2.27. The Labute approximate surface area is 159 Å². The van der Waals surface area contributed by atoms with Crippen LogP contribution in [0.15, 0.2) is 51.4 Å². The van der Waals surface area contributed by atoms with Gasteiger partial charge in [-0.05, 0) is 70.7 Å². The van der Waals surface area contributed by atoms with Crippen molar-refractivity contribution in [1.82, 2.24) is 4.98 Å². The van der Waals surface area contributed by atoms with Crippen LogP contribution >= 0.6 is 27.3 Å². The van der Waals surface area contributed by atoms with E-state index in [9.17, 15) is 0 Å². The Hall–Kier alpha value is -2.18. The maximum Gasteiger partial charge on any atom is 0.203 e. The number of halogens is 1. The molecule has 6 heteroatoms. The van der Waals surface area contributed by atoms with Gasteiger partial charge in [0.15, 0.2) is 0 Å². The molecule has 3 aromatic rings. The molecule has 0 aliphatic rings. The van der Waals surface area contributed by atoms with E-state index in [-0.39, 0.29) is 0 Å². The second kappa shape index (κ2) is 7.80. The molecule has 1 heterocycles. The van der Waals surface area contributed by atoms with E-state index in [1.807, 2.05) is 23.6 Å². The number of aromatic nitrogens is 1. The molecule has 0 amide bonds. The van der Waals surface area contributed by atoms with Crippen LogP contribution in [0.3, 0.4) is 0 Å². The lowest BCUT2D eigenvalue weighted by Crippen LogP contribution is -1.91. The van der Waals surface area contributed by atoms with Crippen molar-refractivity contribution >= 4 is 38.6 Å². The number of thiazole rings is 1. The predicted octanol–water partition coefficient (Wildman–Crippen LogP) is 5.64. The van der Waals surface area contributed by atoms with Gasteiger partial charge < -0.3 is 4.74 Å². The van der Waals surface area contributed by atoms with E-state index in [0.717, 1.165) is 32.2 Å². The number of hydrogen-bond donors (Lipinski definition) is 1. The highest BCUT2D eigenvalue weighted by atomic mass is 79.9. The van der Waals surface area contributed by atoms with E-state index < -0.39 is 0 Å². The Morgan fingerprint density at radius 1 is 1.16 bits per heavy atom. The van der Waals surface area contributed by atoms with Gasteiger partial charge >= 0.3 is 0 Å². The van der Waals surface area contributed by atoms with E-state index >= 15 is 0 Å². The summed E-state index contributed by atoms with van der Waals surface area (Å²) in [7, 11) is 1.64. The number of nitrogens with zero attached hydrogens (tertiary/aromatic N) is 2. The first-order chi connectivity index (χ1) is 12.1. The summed E-state index contributed by atoms with van der Waals surface area (Å²) in [5, 5.41) is 7.05. The van der Waals surface area contributed by atoms with E-state index in [1.165, 1.54) is 22.5 Å². The summed E-state index contributed by atoms with van der Waals surface area (Å²) >= 11 is 5.00. The molecular formula is C19H18BrN3OS. The molecule has 0 aliphatic heterocycles. The first-order valence-electron chi connectivity index (χ1n) is 7.72. The number of nitrogens with one attached hydrogen (secondary N) is 1. The van der Waals surface area contributed by atoms with Crippen molar-refractivity contribution in [2.45, 2.75) is 13.8 Å². The number of hydrogen-bond acceptors (Lipinski definition) is 5. The van der Waals surface area contributed by atoms with Crippen LogP contribution < -0.4 is 10.2 Å². The van der Waals surface area contributed by atoms with Gasteiger partial charge in [-0.1, -0.05) is 12.1 Å². The molecule has 0 atom stereocenters. The van der Waals surface area contributed by atoms with Gasteiger partial charge in [-0.15, -0.1) is 11.3 Å². The molecule has 3 rings (SSSR count). The fraction of sp³-hybridized carbons (Fsp3) is 0.158. The van der Waals surface area contributed by atoms with Crippen molar-refractivity contribution in [3.63, 3.8) is 0 Å². The quantitative estimate of drug-likeness (QED) is 0.432. The molecule has 0 unspecified atom stereocenters. The lowest BCUT2D eigenvalue weighted by atomic mass is 10.1. The van der Waals surface area contributed by atoms with Crippen LogP contribution in [0, 0.1) is 13.8 Å². The van der Waals surface area contributed by atoms with Gasteiger partial charge in [-0.25, -0.2) is 4.98 Å². The maximum absolute atomic E-state index is 5.22. The normalized spacial score (nSPS) is 11.0. The number of rotatable bonds is 5. The highest BCUT2D eigenvalue weighted by molar-refractivity contribution is 9.10. The van der Waals surface area contributed by atoms with Crippen LogP contribution in [0.25, 0.3) is 11.3 Å². The monoisotopic (exact) mass is 415 g/mol. The zero-order chi connectivity index (χ0) is 17.8. The molecule has 0 saturated heterocycles. The molecule has 1 N–H and O–H groups in total. The van der Waals surface area contributed by atoms with Crippen LogP contribution in [-0.2, 0) is 0 Å². The SMILES string of the molecule is COc1ccc(/C=N\Nc2nc(-c3ccc(C)c(C)c3)cs2)cc1Br. The van der Waals surface area contributed by atoms with Gasteiger partial charge in [0.25, 0.3) is 0 Å². The molecule has 1 aromatic heterocycles. The first kappa shape index (κ1) is 17.6. The van der Waals surface area contributed by atoms with Crippen molar-refractivity contribution in [2.75, 3.05) is 12.5 Å². The number of methoxy groups -OCH3 is 1. The molecule has 0 radical (unpaired) electrons. The number of hydrazone groups is 1. The summed E-state index contributed by atoms with van der Waals surface area (Å²) in [5.41, 5.74) is 8.58. The maximum atomic E-state index is 5.22. The van der Waals surface area contributed by atoms with Crippen molar-refractivity contribution in [2.24, 2.45) is 5.10 Å². The van der Waals surface area contributed by atoms with Crippen LogP contribution in [0.2, 0.25) is 0 Å². The summed E-state index contributed by atoms with van der Waals surface area (Å²) in [4.78, 5) is 4.59. The fourth-order valence-electron chi connectivity index (χ4n) is 2.28. The van der Waals surface area contributed by atoms with Crippen LogP contribution in [0.5, 0.6) is 5.75 Å². The highest BCUT2D eigenvalue weighted by Gasteiger charge is 2.05. The average molecular weight is 416 g/mol. The van der Waals surface area contributed by atoms with Gasteiger partial charge in [0, 0.05) is 10.9 Å². The van der Waals surface area contributed by atoms with Crippen molar-refractivity contribution in [1.29, 1.82) is 0 Å². The minimum atomic E-state index is 0.761. The lowest BCUT2D eigenvalue weighted by molar-refractivity contribution is 0.412. The number of aryl methyl sites for hydroxylation is 2. The molecule has 0 aliphatic carbocycles. The minimum Gasteiger partial charge on any atom is -0.496 e. The number of benzene rings is 2. The molecule has 0 fully saturated rings. The Morgan fingerprint density at radius 2 is 2.00 bits per heavy atom. The summed E-state index contributed by atoms with van der Waals surface area (Å²) in [5.74, 6) is 0.795. The zero-order valence-corrected chi connectivity index (χ0v) is 16.6. The topological polar surface area (TPSA) is 46.5 Å². The van der Waals surface area contributed by atoms with Crippen LogP contribution in [-0.4, -0.2) is 18.3 Å². The molecule has 128 valence electrons. The zero-order valence-electron chi connectivity index (χ0n) is 14.2. The van der Waals surface area contributed by atoms with Crippen molar-refractivity contribution in [3.05, 3.63) is 62.9 Å². The predicted molar refractivity (Wildman–Crippen MR) is 109 cm³/mol. The third-order valence-electron chi connectivity index (χ3n) is 3.86. The molecule has 0 saturated carbocycles. The molecule has 25 heavy (non-hydrogen) atoms. The molecule has 0 spiro atoms. The Morgan fingerprint density at radius 3 is 2.72 bits per heavy atom. The lowest BCUT2D eigenvalue weighted by Gasteiger charge is -2.03. The third kappa shape index (κ3) is 4.27. The van der Waals surface area contributed by atoms with Crippen molar-refractivity contribution < 1.29 is 4.74 Å². The van der Waals surface area contributed by atoms with E-state index in [4.69, 9.17) is 4.74 Å². The number of anilines is 1. The molecule has 0 bridgehead atoms. The molecule has 4 nitrogen and oxygen atoms in total. The van der Waals surface area contributed by atoms with Gasteiger partial charge in [0.2, 0.25) is 5.13 Å². The molecular weight excluding hydrogens is 398 g/mol. The largest absolute Gasteiger partial charge is 0.496 e. The van der Waals surface area contributed by atoms with Gasteiger partial charge in [0.1, 0.15) is 5.75 Å².